The second-order valence-electron chi connectivity index (χ2n) is 4.47. The summed E-state index contributed by atoms with van der Waals surface area (Å²) >= 11 is 0.975. The second kappa shape index (κ2) is 8.48. The predicted molar refractivity (Wildman–Crippen MR) is 84.0 cm³/mol. The van der Waals surface area contributed by atoms with E-state index in [-0.39, 0.29) is 17.6 Å². The van der Waals surface area contributed by atoms with Gasteiger partial charge in [0.05, 0.1) is 24.9 Å². The molecule has 1 aliphatic heterocycles. The smallest absolute Gasteiger partial charge is 0.283 e. The van der Waals surface area contributed by atoms with E-state index in [1.165, 1.54) is 6.92 Å². The average molecular weight is 312 g/mol. The van der Waals surface area contributed by atoms with Crippen molar-refractivity contribution in [1.82, 2.24) is 16.0 Å². The van der Waals surface area contributed by atoms with Crippen molar-refractivity contribution >= 4 is 28.7 Å². The highest BCUT2D eigenvalue weighted by Gasteiger charge is 2.13. The van der Waals surface area contributed by atoms with Crippen molar-refractivity contribution in [2.75, 3.05) is 19.6 Å². The number of aliphatic hydroxyl groups is 1. The molecule has 0 fully saturated rings. The van der Waals surface area contributed by atoms with Crippen molar-refractivity contribution < 1.29 is 14.7 Å². The lowest BCUT2D eigenvalue weighted by molar-refractivity contribution is -0.116. The molecule has 0 radical (unpaired) electrons. The molecule has 1 aliphatic rings. The van der Waals surface area contributed by atoms with Gasteiger partial charge in [0.25, 0.3) is 5.24 Å². The lowest BCUT2D eigenvalue weighted by atomic mass is 10.3. The number of hydrogen-bond acceptors (Lipinski definition) is 7. The molecule has 0 spiro atoms. The molecular formula is C13H20N4O3S. The van der Waals surface area contributed by atoms with Crippen molar-refractivity contribution in [3.8, 4) is 0 Å². The summed E-state index contributed by atoms with van der Waals surface area (Å²) in [5, 5.41) is 17.5. The Labute approximate surface area is 128 Å². The van der Waals surface area contributed by atoms with Crippen LogP contribution in [0.25, 0.3) is 0 Å². The molecule has 21 heavy (non-hydrogen) atoms. The van der Waals surface area contributed by atoms with Gasteiger partial charge in [0.2, 0.25) is 0 Å². The average Bonchev–Trinajstić information content (AvgIpc) is 2.44. The number of carbonyl (C=O) groups excluding carboxylic acids is 2. The summed E-state index contributed by atoms with van der Waals surface area (Å²) in [6.07, 6.45) is 1.09. The molecule has 0 aliphatic carbocycles. The minimum Gasteiger partial charge on any atom is -0.389 e. The summed E-state index contributed by atoms with van der Waals surface area (Å²) in [6.45, 7) is 7.62. The molecule has 116 valence electrons. The van der Waals surface area contributed by atoms with Gasteiger partial charge in [-0.3, -0.25) is 14.6 Å². The molecule has 8 heteroatoms. The third-order valence-corrected chi connectivity index (χ3v) is 3.39. The fourth-order valence-corrected chi connectivity index (χ4v) is 2.12. The SMILES string of the molecule is C=C/C(NC1=NCC(O)CN1)=C(/C)SC(=O)NCC(C)=O. The van der Waals surface area contributed by atoms with Gasteiger partial charge in [0, 0.05) is 11.4 Å². The number of allylic oxidation sites excluding steroid dienone is 2. The molecule has 1 amide bonds. The Kier molecular flexibility index (Phi) is 6.97. The number of nitrogens with one attached hydrogen (secondary N) is 3. The zero-order valence-corrected chi connectivity index (χ0v) is 12.9. The quantitative estimate of drug-likeness (QED) is 0.546. The van der Waals surface area contributed by atoms with Crippen molar-refractivity contribution in [3.05, 3.63) is 23.3 Å². The highest BCUT2D eigenvalue weighted by Crippen LogP contribution is 2.19. The maximum atomic E-state index is 11.6. The number of nitrogens with zero attached hydrogens (tertiary/aromatic N) is 1. The van der Waals surface area contributed by atoms with Crippen LogP contribution in [0.15, 0.2) is 28.2 Å². The zero-order chi connectivity index (χ0) is 15.8. The molecule has 1 heterocycles. The van der Waals surface area contributed by atoms with Gasteiger partial charge in [-0.1, -0.05) is 6.58 Å². The number of amides is 1. The third kappa shape index (κ3) is 6.46. The van der Waals surface area contributed by atoms with Crippen molar-refractivity contribution in [3.63, 3.8) is 0 Å². The molecule has 0 bridgehead atoms. The van der Waals surface area contributed by atoms with E-state index in [0.717, 1.165) is 11.8 Å². The summed E-state index contributed by atoms with van der Waals surface area (Å²) in [7, 11) is 0. The van der Waals surface area contributed by atoms with Gasteiger partial charge in [-0.05, 0) is 31.7 Å². The van der Waals surface area contributed by atoms with E-state index in [0.29, 0.717) is 29.7 Å². The lowest BCUT2D eigenvalue weighted by Gasteiger charge is -2.21. The van der Waals surface area contributed by atoms with Crippen LogP contribution in [0.4, 0.5) is 4.79 Å². The van der Waals surface area contributed by atoms with Gasteiger partial charge < -0.3 is 21.1 Å². The maximum Gasteiger partial charge on any atom is 0.283 e. The van der Waals surface area contributed by atoms with E-state index in [2.05, 4.69) is 27.5 Å². The van der Waals surface area contributed by atoms with Gasteiger partial charge in [-0.15, -0.1) is 0 Å². The zero-order valence-electron chi connectivity index (χ0n) is 12.1. The minimum atomic E-state index is -0.487. The van der Waals surface area contributed by atoms with E-state index in [1.54, 1.807) is 13.0 Å². The van der Waals surface area contributed by atoms with E-state index >= 15 is 0 Å². The Balaban J connectivity index is 2.61. The van der Waals surface area contributed by atoms with E-state index < -0.39 is 6.10 Å². The molecule has 0 aromatic carbocycles. The summed E-state index contributed by atoms with van der Waals surface area (Å²) in [6, 6.07) is 0. The normalized spacial score (nSPS) is 18.8. The van der Waals surface area contributed by atoms with Crippen LogP contribution >= 0.6 is 11.8 Å². The first kappa shape index (κ1) is 17.3. The molecular weight excluding hydrogens is 292 g/mol. The summed E-state index contributed by atoms with van der Waals surface area (Å²) in [5.41, 5.74) is 0.639. The Hall–Kier alpha value is -1.80. The predicted octanol–water partition coefficient (Wildman–Crippen LogP) is 0.345. The fourth-order valence-electron chi connectivity index (χ4n) is 1.45. The molecule has 1 atom stereocenters. The number of β-amino-alcohol motifs (C(OH)–C–C–N with tert-alkyl or cyclic N) is 1. The molecule has 0 aromatic heterocycles. The van der Waals surface area contributed by atoms with Crippen molar-refractivity contribution in [1.29, 1.82) is 0 Å². The van der Waals surface area contributed by atoms with Crippen molar-refractivity contribution in [2.24, 2.45) is 4.99 Å². The van der Waals surface area contributed by atoms with E-state index in [4.69, 9.17) is 0 Å². The highest BCUT2D eigenvalue weighted by molar-refractivity contribution is 8.16. The highest BCUT2D eigenvalue weighted by atomic mass is 32.2. The maximum absolute atomic E-state index is 11.6. The summed E-state index contributed by atoms with van der Waals surface area (Å²) in [4.78, 5) is 27.3. The fraction of sp³-hybridized carbons (Fsp3) is 0.462. The van der Waals surface area contributed by atoms with Gasteiger partial charge in [0.15, 0.2) is 5.96 Å². The number of hydrogen-bond donors (Lipinski definition) is 4. The van der Waals surface area contributed by atoms with Gasteiger partial charge in [-0.25, -0.2) is 0 Å². The van der Waals surface area contributed by atoms with Crippen LogP contribution in [-0.2, 0) is 4.79 Å². The molecule has 0 saturated carbocycles. The van der Waals surface area contributed by atoms with E-state index in [1.807, 2.05) is 0 Å². The van der Waals surface area contributed by atoms with Gasteiger partial charge >= 0.3 is 0 Å². The Bertz CT molecular complexity index is 488. The number of rotatable bonds is 5. The monoisotopic (exact) mass is 312 g/mol. The number of Topliss-reactive ketones (excluding diaryl/α,β-unsaturated/α-hetero) is 1. The summed E-state index contributed by atoms with van der Waals surface area (Å²) < 4.78 is 0. The molecule has 0 aromatic rings. The molecule has 1 unspecified atom stereocenters. The molecule has 7 nitrogen and oxygen atoms in total. The standard InChI is InChI=1S/C13H20N4O3S/c1-4-11(17-12-14-6-10(19)7-15-12)9(3)21-13(20)16-5-8(2)18/h4,10,19H,1,5-7H2,2-3H3,(H,16,20)(H2,14,15,17)/b11-9+. The number of aliphatic imine (C=N–C) groups is 1. The number of carbonyl (C=O) groups is 2. The Morgan fingerprint density at radius 1 is 1.57 bits per heavy atom. The van der Waals surface area contributed by atoms with Crippen molar-refractivity contribution in [2.45, 2.75) is 20.0 Å². The Morgan fingerprint density at radius 2 is 2.29 bits per heavy atom. The largest absolute Gasteiger partial charge is 0.389 e. The second-order valence-corrected chi connectivity index (χ2v) is 5.66. The van der Waals surface area contributed by atoms with Gasteiger partial charge in [-0.2, -0.15) is 0 Å². The first-order valence-electron chi connectivity index (χ1n) is 6.44. The Morgan fingerprint density at radius 3 is 2.81 bits per heavy atom. The van der Waals surface area contributed by atoms with Gasteiger partial charge in [0.1, 0.15) is 5.78 Å². The van der Waals surface area contributed by atoms with Crippen LogP contribution in [0.5, 0.6) is 0 Å². The third-order valence-electron chi connectivity index (χ3n) is 2.53. The molecule has 1 rings (SSSR count). The number of ketones is 1. The molecule has 0 saturated heterocycles. The number of guanidine groups is 1. The minimum absolute atomic E-state index is 0.0160. The van der Waals surface area contributed by atoms with E-state index in [9.17, 15) is 14.7 Å². The van der Waals surface area contributed by atoms with Crippen LogP contribution < -0.4 is 16.0 Å². The topological polar surface area (TPSA) is 103 Å². The number of aliphatic hydroxyl groups excluding tert-OH is 1. The van der Waals surface area contributed by atoms with Crippen LogP contribution in [-0.4, -0.2) is 47.8 Å². The molecule has 4 N–H and O–H groups in total. The first-order valence-corrected chi connectivity index (χ1v) is 7.26. The van der Waals surface area contributed by atoms with Crippen LogP contribution in [0, 0.1) is 0 Å². The lowest BCUT2D eigenvalue weighted by Crippen LogP contribution is -2.45. The van der Waals surface area contributed by atoms with Crippen LogP contribution in [0.2, 0.25) is 0 Å². The first-order chi connectivity index (χ1) is 9.92. The van der Waals surface area contributed by atoms with Crippen LogP contribution in [0.1, 0.15) is 13.8 Å². The number of thioether (sulfide) groups is 1. The van der Waals surface area contributed by atoms with Crippen LogP contribution in [0.3, 0.4) is 0 Å². The summed E-state index contributed by atoms with van der Waals surface area (Å²) in [5.74, 6) is 0.422.